The Morgan fingerprint density at radius 1 is 1.50 bits per heavy atom. The molecule has 0 bridgehead atoms. The highest BCUT2D eigenvalue weighted by Gasteiger charge is 2.10. The van der Waals surface area contributed by atoms with E-state index in [0.717, 1.165) is 0 Å². The fourth-order valence-electron chi connectivity index (χ4n) is 1.35. The van der Waals surface area contributed by atoms with Gasteiger partial charge in [0, 0.05) is 19.2 Å². The van der Waals surface area contributed by atoms with Gasteiger partial charge in [-0.1, -0.05) is 24.0 Å². The topological polar surface area (TPSA) is 64.3 Å². The third-order valence-corrected chi connectivity index (χ3v) is 2.45. The zero-order valence-corrected chi connectivity index (χ0v) is 10.7. The Morgan fingerprint density at radius 2 is 2.22 bits per heavy atom. The second kappa shape index (κ2) is 7.49. The fourth-order valence-corrected chi connectivity index (χ4v) is 1.35. The second-order valence-electron chi connectivity index (χ2n) is 3.81. The van der Waals surface area contributed by atoms with Crippen molar-refractivity contribution >= 4 is 5.91 Å². The minimum Gasteiger partial charge on any atom is -0.380 e. The number of nitrogens with two attached hydrogens (primary N) is 1. The lowest BCUT2D eigenvalue weighted by atomic mass is 10.1. The number of methoxy groups -OCH3 is 1. The highest BCUT2D eigenvalue weighted by molar-refractivity contribution is 5.96. The Labute approximate surface area is 108 Å². The number of benzene rings is 1. The van der Waals surface area contributed by atoms with Gasteiger partial charge in [-0.05, 0) is 19.1 Å². The molecule has 0 aliphatic heterocycles. The van der Waals surface area contributed by atoms with Crippen LogP contribution in [0.1, 0.15) is 22.8 Å². The predicted molar refractivity (Wildman–Crippen MR) is 71.2 cm³/mol. The maximum absolute atomic E-state index is 12.0. The molecule has 1 unspecified atom stereocenters. The quantitative estimate of drug-likeness (QED) is 0.771. The zero-order valence-electron chi connectivity index (χ0n) is 10.7. The summed E-state index contributed by atoms with van der Waals surface area (Å²) in [6.45, 7) is 2.63. The van der Waals surface area contributed by atoms with Gasteiger partial charge in [-0.25, -0.2) is 0 Å². The van der Waals surface area contributed by atoms with Gasteiger partial charge in [0.2, 0.25) is 0 Å². The first-order valence-electron chi connectivity index (χ1n) is 5.78. The van der Waals surface area contributed by atoms with Crippen molar-refractivity contribution in [2.24, 2.45) is 5.73 Å². The summed E-state index contributed by atoms with van der Waals surface area (Å²) in [7, 11) is 1.61. The van der Waals surface area contributed by atoms with Crippen LogP contribution in [0.4, 0.5) is 0 Å². The minimum absolute atomic E-state index is 0.0174. The first-order chi connectivity index (χ1) is 8.69. The van der Waals surface area contributed by atoms with E-state index in [2.05, 4.69) is 17.2 Å². The van der Waals surface area contributed by atoms with E-state index >= 15 is 0 Å². The Morgan fingerprint density at radius 3 is 2.89 bits per heavy atom. The van der Waals surface area contributed by atoms with Crippen molar-refractivity contribution in [3.05, 3.63) is 35.4 Å². The summed E-state index contributed by atoms with van der Waals surface area (Å²) < 4.78 is 5.07. The van der Waals surface area contributed by atoms with Crippen LogP contribution < -0.4 is 11.1 Å². The Balaban J connectivity index is 2.79. The largest absolute Gasteiger partial charge is 0.380 e. The molecule has 4 heteroatoms. The van der Waals surface area contributed by atoms with E-state index in [1.807, 2.05) is 19.1 Å². The van der Waals surface area contributed by atoms with Crippen LogP contribution in [0.2, 0.25) is 0 Å². The zero-order chi connectivity index (χ0) is 13.4. The lowest BCUT2D eigenvalue weighted by molar-refractivity contribution is 0.0870. The predicted octanol–water partition coefficient (Wildman–Crippen LogP) is 0.762. The van der Waals surface area contributed by atoms with Crippen LogP contribution >= 0.6 is 0 Å². The molecule has 96 valence electrons. The average Bonchev–Trinajstić information content (AvgIpc) is 2.42. The van der Waals surface area contributed by atoms with Gasteiger partial charge in [-0.2, -0.15) is 0 Å². The van der Waals surface area contributed by atoms with E-state index in [1.165, 1.54) is 0 Å². The standard InChI is InChI=1S/C14H18N2O2/c1-11(18-2)10-16-14(17)13-8-4-3-6-12(13)7-5-9-15/h3-4,6,8,11H,9-10,15H2,1-2H3,(H,16,17). The summed E-state index contributed by atoms with van der Waals surface area (Å²) in [5.41, 5.74) is 6.57. The van der Waals surface area contributed by atoms with Crippen molar-refractivity contribution in [1.82, 2.24) is 5.32 Å². The van der Waals surface area contributed by atoms with Crippen LogP contribution in [0.25, 0.3) is 0 Å². The van der Waals surface area contributed by atoms with Gasteiger partial charge in [-0.15, -0.1) is 0 Å². The maximum Gasteiger partial charge on any atom is 0.252 e. The summed E-state index contributed by atoms with van der Waals surface area (Å²) in [6, 6.07) is 7.20. The maximum atomic E-state index is 12.0. The molecule has 0 spiro atoms. The van der Waals surface area contributed by atoms with E-state index < -0.39 is 0 Å². The normalized spacial score (nSPS) is 11.3. The van der Waals surface area contributed by atoms with Crippen LogP contribution in [-0.2, 0) is 4.74 Å². The van der Waals surface area contributed by atoms with Crippen molar-refractivity contribution in [2.75, 3.05) is 20.2 Å². The van der Waals surface area contributed by atoms with Crippen LogP contribution in [0.15, 0.2) is 24.3 Å². The monoisotopic (exact) mass is 246 g/mol. The minimum atomic E-state index is -0.152. The van der Waals surface area contributed by atoms with Gasteiger partial charge in [0.1, 0.15) is 0 Å². The second-order valence-corrected chi connectivity index (χ2v) is 3.81. The molecule has 18 heavy (non-hydrogen) atoms. The van der Waals surface area contributed by atoms with Gasteiger partial charge in [0.05, 0.1) is 18.2 Å². The lowest BCUT2D eigenvalue weighted by Gasteiger charge is -2.11. The molecule has 0 aliphatic rings. The number of carbonyl (C=O) groups excluding carboxylic acids is 1. The average molecular weight is 246 g/mol. The first kappa shape index (κ1) is 14.2. The molecule has 1 aromatic rings. The highest BCUT2D eigenvalue weighted by Crippen LogP contribution is 2.07. The van der Waals surface area contributed by atoms with E-state index in [4.69, 9.17) is 10.5 Å². The van der Waals surface area contributed by atoms with Crippen LogP contribution in [0, 0.1) is 11.8 Å². The summed E-state index contributed by atoms with van der Waals surface area (Å²) in [5.74, 6) is 5.49. The molecular formula is C14H18N2O2. The summed E-state index contributed by atoms with van der Waals surface area (Å²) in [6.07, 6.45) is -0.0174. The van der Waals surface area contributed by atoms with Crippen LogP contribution in [0.5, 0.6) is 0 Å². The van der Waals surface area contributed by atoms with Crippen molar-refractivity contribution in [3.63, 3.8) is 0 Å². The van der Waals surface area contributed by atoms with Gasteiger partial charge in [0.15, 0.2) is 0 Å². The van der Waals surface area contributed by atoms with E-state index in [-0.39, 0.29) is 18.6 Å². The molecule has 1 rings (SSSR count). The molecule has 0 saturated carbocycles. The number of carbonyl (C=O) groups is 1. The lowest BCUT2D eigenvalue weighted by Crippen LogP contribution is -2.31. The first-order valence-corrected chi connectivity index (χ1v) is 5.78. The molecule has 0 aliphatic carbocycles. The summed E-state index contributed by atoms with van der Waals surface area (Å²) in [4.78, 5) is 12.0. The van der Waals surface area contributed by atoms with Crippen molar-refractivity contribution in [3.8, 4) is 11.8 Å². The molecule has 0 fully saturated rings. The molecule has 3 N–H and O–H groups in total. The smallest absolute Gasteiger partial charge is 0.252 e. The molecular weight excluding hydrogens is 228 g/mol. The number of hydrogen-bond acceptors (Lipinski definition) is 3. The van der Waals surface area contributed by atoms with Crippen LogP contribution in [0.3, 0.4) is 0 Å². The molecule has 0 aromatic heterocycles. The number of rotatable bonds is 4. The SMILES string of the molecule is COC(C)CNC(=O)c1ccccc1C#CCN. The van der Waals surface area contributed by atoms with Gasteiger partial charge < -0.3 is 15.8 Å². The molecule has 4 nitrogen and oxygen atoms in total. The third-order valence-electron chi connectivity index (χ3n) is 2.45. The van der Waals surface area contributed by atoms with E-state index in [9.17, 15) is 4.79 Å². The van der Waals surface area contributed by atoms with Crippen molar-refractivity contribution in [2.45, 2.75) is 13.0 Å². The molecule has 1 atom stereocenters. The third kappa shape index (κ3) is 4.21. The Hall–Kier alpha value is -1.83. The van der Waals surface area contributed by atoms with Gasteiger partial charge in [0.25, 0.3) is 5.91 Å². The van der Waals surface area contributed by atoms with Crippen molar-refractivity contribution < 1.29 is 9.53 Å². The van der Waals surface area contributed by atoms with Crippen LogP contribution in [-0.4, -0.2) is 32.2 Å². The fraction of sp³-hybridized carbons (Fsp3) is 0.357. The molecule has 0 heterocycles. The molecule has 1 amide bonds. The molecule has 0 saturated heterocycles. The molecule has 1 aromatic carbocycles. The van der Waals surface area contributed by atoms with E-state index in [1.54, 1.807) is 19.2 Å². The van der Waals surface area contributed by atoms with Gasteiger partial charge in [-0.3, -0.25) is 4.79 Å². The summed E-state index contributed by atoms with van der Waals surface area (Å²) in [5, 5.41) is 2.80. The van der Waals surface area contributed by atoms with E-state index in [0.29, 0.717) is 17.7 Å². The Kier molecular flexibility index (Phi) is 5.92. The highest BCUT2D eigenvalue weighted by atomic mass is 16.5. The number of hydrogen-bond donors (Lipinski definition) is 2. The molecule has 0 radical (unpaired) electrons. The van der Waals surface area contributed by atoms with Gasteiger partial charge >= 0.3 is 0 Å². The number of nitrogens with one attached hydrogen (secondary N) is 1. The number of amides is 1. The Bertz CT molecular complexity index is 460. The van der Waals surface area contributed by atoms with Crippen molar-refractivity contribution in [1.29, 1.82) is 0 Å². The number of ether oxygens (including phenoxy) is 1. The summed E-state index contributed by atoms with van der Waals surface area (Å²) >= 11 is 0.